The second-order valence-corrected chi connectivity index (χ2v) is 2.91. The molecule has 0 unspecified atom stereocenters. The standard InChI is InChI=1S/C7H15N3O/c1-6(11)10(8)7-2-4-9-5-3-7/h7,9H,2-5,8H2,1H3. The van der Waals surface area contributed by atoms with Crippen molar-refractivity contribution in [1.29, 1.82) is 0 Å². The molecule has 4 nitrogen and oxygen atoms in total. The molecule has 1 aliphatic heterocycles. The van der Waals surface area contributed by atoms with Gasteiger partial charge < -0.3 is 5.32 Å². The molecule has 1 rings (SSSR count). The molecule has 0 radical (unpaired) electrons. The number of rotatable bonds is 1. The smallest absolute Gasteiger partial charge is 0.233 e. The Bertz CT molecular complexity index is 143. The Kier molecular flexibility index (Phi) is 2.84. The Balaban J connectivity index is 2.38. The molecule has 0 aromatic rings. The molecule has 3 N–H and O–H groups in total. The first-order valence-electron chi connectivity index (χ1n) is 3.97. The number of carbonyl (C=O) groups is 1. The van der Waals surface area contributed by atoms with Gasteiger partial charge in [0.1, 0.15) is 0 Å². The summed E-state index contributed by atoms with van der Waals surface area (Å²) in [6.07, 6.45) is 1.94. The van der Waals surface area contributed by atoms with Crippen LogP contribution in [0.15, 0.2) is 0 Å². The van der Waals surface area contributed by atoms with Crippen LogP contribution in [-0.2, 0) is 4.79 Å². The quantitative estimate of drug-likeness (QED) is 0.305. The summed E-state index contributed by atoms with van der Waals surface area (Å²) in [5, 5.41) is 4.56. The minimum Gasteiger partial charge on any atom is -0.317 e. The number of nitrogens with two attached hydrogens (primary N) is 1. The summed E-state index contributed by atoms with van der Waals surface area (Å²) in [6, 6.07) is 0.244. The van der Waals surface area contributed by atoms with Crippen LogP contribution >= 0.6 is 0 Å². The first kappa shape index (κ1) is 8.49. The Morgan fingerprint density at radius 3 is 2.55 bits per heavy atom. The van der Waals surface area contributed by atoms with Crippen LogP contribution < -0.4 is 11.2 Å². The maximum atomic E-state index is 10.8. The minimum atomic E-state index is -0.0445. The second-order valence-electron chi connectivity index (χ2n) is 2.91. The first-order valence-corrected chi connectivity index (χ1v) is 3.97. The lowest BCUT2D eigenvalue weighted by atomic mass is 10.1. The van der Waals surface area contributed by atoms with E-state index in [0.717, 1.165) is 25.9 Å². The lowest BCUT2D eigenvalue weighted by Gasteiger charge is -2.29. The lowest BCUT2D eigenvalue weighted by molar-refractivity contribution is -0.131. The van der Waals surface area contributed by atoms with Gasteiger partial charge in [0.15, 0.2) is 0 Å². The van der Waals surface area contributed by atoms with Crippen LogP contribution in [-0.4, -0.2) is 30.0 Å². The van der Waals surface area contributed by atoms with Gasteiger partial charge >= 0.3 is 0 Å². The molecule has 1 saturated heterocycles. The minimum absolute atomic E-state index is 0.0445. The van der Waals surface area contributed by atoms with E-state index in [2.05, 4.69) is 5.32 Å². The van der Waals surface area contributed by atoms with Crippen molar-refractivity contribution in [1.82, 2.24) is 10.3 Å². The Morgan fingerprint density at radius 1 is 1.55 bits per heavy atom. The second kappa shape index (κ2) is 3.69. The van der Waals surface area contributed by atoms with Crippen LogP contribution in [0.25, 0.3) is 0 Å². The zero-order valence-corrected chi connectivity index (χ0v) is 6.84. The summed E-state index contributed by atoms with van der Waals surface area (Å²) in [7, 11) is 0. The molecule has 0 aromatic heterocycles. The van der Waals surface area contributed by atoms with E-state index in [1.807, 2.05) is 0 Å². The number of nitrogens with one attached hydrogen (secondary N) is 1. The number of piperidine rings is 1. The fourth-order valence-electron chi connectivity index (χ4n) is 1.34. The van der Waals surface area contributed by atoms with Gasteiger partial charge in [-0.1, -0.05) is 0 Å². The normalized spacial score (nSPS) is 19.8. The monoisotopic (exact) mass is 157 g/mol. The third-order valence-corrected chi connectivity index (χ3v) is 2.07. The van der Waals surface area contributed by atoms with E-state index in [4.69, 9.17) is 5.84 Å². The van der Waals surface area contributed by atoms with Gasteiger partial charge in [-0.2, -0.15) is 0 Å². The first-order chi connectivity index (χ1) is 5.22. The maximum Gasteiger partial charge on any atom is 0.233 e. The number of amides is 1. The molecule has 0 bridgehead atoms. The summed E-state index contributed by atoms with van der Waals surface area (Å²) in [5.74, 6) is 5.50. The van der Waals surface area contributed by atoms with Crippen molar-refractivity contribution in [3.05, 3.63) is 0 Å². The molecule has 11 heavy (non-hydrogen) atoms. The van der Waals surface area contributed by atoms with E-state index in [1.54, 1.807) is 0 Å². The molecule has 64 valence electrons. The van der Waals surface area contributed by atoms with Crippen LogP contribution in [0.1, 0.15) is 19.8 Å². The Morgan fingerprint density at radius 2 is 2.09 bits per heavy atom. The maximum absolute atomic E-state index is 10.8. The molecule has 0 atom stereocenters. The average molecular weight is 157 g/mol. The van der Waals surface area contributed by atoms with Crippen LogP contribution in [0.3, 0.4) is 0 Å². The zero-order chi connectivity index (χ0) is 8.27. The van der Waals surface area contributed by atoms with Crippen molar-refractivity contribution in [2.45, 2.75) is 25.8 Å². The molecule has 1 heterocycles. The third-order valence-electron chi connectivity index (χ3n) is 2.07. The van der Waals surface area contributed by atoms with E-state index < -0.39 is 0 Å². The molecule has 1 amide bonds. The highest BCUT2D eigenvalue weighted by Gasteiger charge is 2.19. The number of hydrogen-bond acceptors (Lipinski definition) is 3. The van der Waals surface area contributed by atoms with Crippen molar-refractivity contribution in [2.75, 3.05) is 13.1 Å². The van der Waals surface area contributed by atoms with E-state index in [1.165, 1.54) is 11.9 Å². The van der Waals surface area contributed by atoms with Crippen LogP contribution in [0.4, 0.5) is 0 Å². The van der Waals surface area contributed by atoms with E-state index in [0.29, 0.717) is 0 Å². The highest BCUT2D eigenvalue weighted by atomic mass is 16.2. The van der Waals surface area contributed by atoms with Gasteiger partial charge in [0.05, 0.1) is 6.04 Å². The van der Waals surface area contributed by atoms with Crippen LogP contribution in [0, 0.1) is 0 Å². The summed E-state index contributed by atoms with van der Waals surface area (Å²) in [4.78, 5) is 10.8. The molecule has 4 heteroatoms. The number of nitrogens with zero attached hydrogens (tertiary/aromatic N) is 1. The van der Waals surface area contributed by atoms with Gasteiger partial charge in [0.2, 0.25) is 5.91 Å². The molecule has 0 saturated carbocycles. The number of hydrogen-bond donors (Lipinski definition) is 2. The highest BCUT2D eigenvalue weighted by Crippen LogP contribution is 2.07. The van der Waals surface area contributed by atoms with E-state index in [9.17, 15) is 4.79 Å². The molecule has 0 aliphatic carbocycles. The summed E-state index contributed by atoms with van der Waals surface area (Å²) in [5.41, 5.74) is 0. The summed E-state index contributed by atoms with van der Waals surface area (Å²) >= 11 is 0. The van der Waals surface area contributed by atoms with Gasteiger partial charge in [0, 0.05) is 6.92 Å². The molecular weight excluding hydrogens is 142 g/mol. The van der Waals surface area contributed by atoms with Gasteiger partial charge in [-0.15, -0.1) is 0 Å². The molecule has 0 spiro atoms. The number of hydrazine groups is 1. The summed E-state index contributed by atoms with van der Waals surface area (Å²) in [6.45, 7) is 3.43. The molecule has 1 fully saturated rings. The average Bonchev–Trinajstić information content (AvgIpc) is 2.05. The Labute approximate surface area is 66.7 Å². The molecule has 1 aliphatic rings. The van der Waals surface area contributed by atoms with E-state index >= 15 is 0 Å². The largest absolute Gasteiger partial charge is 0.317 e. The van der Waals surface area contributed by atoms with Gasteiger partial charge in [-0.25, -0.2) is 5.84 Å². The summed E-state index contributed by atoms with van der Waals surface area (Å²) < 4.78 is 0. The van der Waals surface area contributed by atoms with Crippen molar-refractivity contribution >= 4 is 5.91 Å². The van der Waals surface area contributed by atoms with Gasteiger partial charge in [0.25, 0.3) is 0 Å². The van der Waals surface area contributed by atoms with E-state index in [-0.39, 0.29) is 11.9 Å². The third kappa shape index (κ3) is 2.17. The zero-order valence-electron chi connectivity index (χ0n) is 6.84. The predicted molar refractivity (Wildman–Crippen MR) is 42.6 cm³/mol. The highest BCUT2D eigenvalue weighted by molar-refractivity contribution is 5.72. The van der Waals surface area contributed by atoms with Crippen molar-refractivity contribution in [2.24, 2.45) is 5.84 Å². The van der Waals surface area contributed by atoms with Gasteiger partial charge in [-0.05, 0) is 25.9 Å². The van der Waals surface area contributed by atoms with Crippen molar-refractivity contribution in [3.63, 3.8) is 0 Å². The topological polar surface area (TPSA) is 58.4 Å². The van der Waals surface area contributed by atoms with Gasteiger partial charge in [-0.3, -0.25) is 9.80 Å². The SMILES string of the molecule is CC(=O)N(N)C1CCNCC1. The molecule has 0 aromatic carbocycles. The van der Waals surface area contributed by atoms with Crippen molar-refractivity contribution in [3.8, 4) is 0 Å². The fraction of sp³-hybridized carbons (Fsp3) is 0.857. The lowest BCUT2D eigenvalue weighted by Crippen LogP contribution is -2.49. The Hall–Kier alpha value is -0.610. The van der Waals surface area contributed by atoms with Crippen molar-refractivity contribution < 1.29 is 4.79 Å². The predicted octanol–water partition coefficient (Wildman–Crippen LogP) is -0.539. The fourth-order valence-corrected chi connectivity index (χ4v) is 1.34. The van der Waals surface area contributed by atoms with Crippen LogP contribution in [0.5, 0.6) is 0 Å². The van der Waals surface area contributed by atoms with Crippen LogP contribution in [0.2, 0.25) is 0 Å². The molecular formula is C7H15N3O. The number of carbonyl (C=O) groups excluding carboxylic acids is 1.